The fraction of sp³-hybridized carbons (Fsp3) is 0.235. The van der Waals surface area contributed by atoms with Crippen molar-refractivity contribution >= 4 is 35.5 Å². The zero-order chi connectivity index (χ0) is 15.9. The second-order valence-corrected chi connectivity index (χ2v) is 5.91. The Morgan fingerprint density at radius 2 is 2.00 bits per heavy atom. The zero-order valence-electron chi connectivity index (χ0n) is 12.7. The molecule has 0 bridgehead atoms. The second kappa shape index (κ2) is 7.77. The molecule has 2 rings (SSSR count). The summed E-state index contributed by atoms with van der Waals surface area (Å²) in [6, 6.07) is 9.64. The number of carbonyl (C=O) groups is 1. The van der Waals surface area contributed by atoms with Gasteiger partial charge in [-0.15, -0.1) is 11.3 Å². The molecule has 5 heteroatoms. The highest BCUT2D eigenvalue weighted by Gasteiger charge is 2.05. The van der Waals surface area contributed by atoms with Crippen molar-refractivity contribution in [2.75, 3.05) is 32.2 Å². The van der Waals surface area contributed by atoms with Crippen LogP contribution in [0.5, 0.6) is 5.75 Å². The zero-order valence-corrected chi connectivity index (χ0v) is 13.5. The van der Waals surface area contributed by atoms with E-state index < -0.39 is 0 Å². The molecule has 1 heterocycles. The minimum Gasteiger partial charge on any atom is -0.496 e. The van der Waals surface area contributed by atoms with Crippen molar-refractivity contribution in [3.05, 3.63) is 45.6 Å². The maximum atomic E-state index is 10.7. The van der Waals surface area contributed by atoms with Gasteiger partial charge in [0.15, 0.2) is 6.29 Å². The third-order valence-corrected chi connectivity index (χ3v) is 4.26. The number of hydrogen-bond acceptors (Lipinski definition) is 5. The molecule has 0 aliphatic carbocycles. The SMILES string of the molecule is COc1cc(N(C)CCO)ccc1/C=C/c1ccc(C=O)s1. The standard InChI is InChI=1S/C17H19NO3S/c1-18(9-10-19)14-5-3-13(17(11-14)21-2)4-6-15-7-8-16(12-20)22-15/h3-8,11-12,19H,9-10H2,1-2H3/b6-4+. The Labute approximate surface area is 134 Å². The predicted octanol–water partition coefficient (Wildman–Crippen LogP) is 3.17. The first-order valence-corrected chi connectivity index (χ1v) is 7.72. The van der Waals surface area contributed by atoms with Crippen molar-refractivity contribution in [1.82, 2.24) is 0 Å². The number of nitrogens with zero attached hydrogens (tertiary/aromatic N) is 1. The fourth-order valence-electron chi connectivity index (χ4n) is 2.05. The maximum absolute atomic E-state index is 10.7. The molecule has 0 saturated heterocycles. The molecule has 22 heavy (non-hydrogen) atoms. The highest BCUT2D eigenvalue weighted by molar-refractivity contribution is 7.14. The van der Waals surface area contributed by atoms with E-state index in [0.717, 1.165) is 28.2 Å². The minimum atomic E-state index is 0.109. The quantitative estimate of drug-likeness (QED) is 0.797. The molecule has 0 fully saturated rings. The molecule has 0 aliphatic rings. The van der Waals surface area contributed by atoms with E-state index in [1.807, 2.05) is 54.4 Å². The first-order chi connectivity index (χ1) is 10.7. The van der Waals surface area contributed by atoms with E-state index in [9.17, 15) is 4.79 Å². The summed E-state index contributed by atoms with van der Waals surface area (Å²) < 4.78 is 5.44. The lowest BCUT2D eigenvalue weighted by Gasteiger charge is -2.19. The third kappa shape index (κ3) is 3.96. The highest BCUT2D eigenvalue weighted by Crippen LogP contribution is 2.27. The smallest absolute Gasteiger partial charge is 0.160 e. The summed E-state index contributed by atoms with van der Waals surface area (Å²) in [4.78, 5) is 14.4. The van der Waals surface area contributed by atoms with Crippen LogP contribution in [0.4, 0.5) is 5.69 Å². The van der Waals surface area contributed by atoms with Crippen LogP contribution in [0, 0.1) is 0 Å². The van der Waals surface area contributed by atoms with Crippen LogP contribution in [0.25, 0.3) is 12.2 Å². The molecule has 0 atom stereocenters. The molecule has 0 amide bonds. The number of carbonyl (C=O) groups excluding carboxylic acids is 1. The molecule has 1 aromatic carbocycles. The molecule has 0 spiro atoms. The van der Waals surface area contributed by atoms with Gasteiger partial charge >= 0.3 is 0 Å². The van der Waals surface area contributed by atoms with Crippen molar-refractivity contribution in [2.45, 2.75) is 0 Å². The Balaban J connectivity index is 2.21. The Morgan fingerprint density at radius 3 is 2.64 bits per heavy atom. The number of thiophene rings is 1. The van der Waals surface area contributed by atoms with Gasteiger partial charge in [0, 0.05) is 35.8 Å². The van der Waals surface area contributed by atoms with Crippen molar-refractivity contribution in [3.8, 4) is 5.75 Å². The van der Waals surface area contributed by atoms with Crippen LogP contribution < -0.4 is 9.64 Å². The monoisotopic (exact) mass is 317 g/mol. The highest BCUT2D eigenvalue weighted by atomic mass is 32.1. The Bertz CT molecular complexity index is 664. The summed E-state index contributed by atoms with van der Waals surface area (Å²) in [7, 11) is 3.56. The minimum absolute atomic E-state index is 0.109. The summed E-state index contributed by atoms with van der Waals surface area (Å²) in [5.74, 6) is 0.769. The lowest BCUT2D eigenvalue weighted by atomic mass is 10.1. The molecule has 0 unspecified atom stereocenters. The van der Waals surface area contributed by atoms with Gasteiger partial charge in [-0.1, -0.05) is 0 Å². The number of ether oxygens (including phenoxy) is 1. The number of methoxy groups -OCH3 is 1. The van der Waals surface area contributed by atoms with Crippen LogP contribution in [0.3, 0.4) is 0 Å². The number of aldehydes is 1. The molecule has 2 aromatic rings. The number of aliphatic hydroxyl groups excluding tert-OH is 1. The van der Waals surface area contributed by atoms with Crippen LogP contribution in [-0.4, -0.2) is 38.7 Å². The van der Waals surface area contributed by atoms with E-state index in [2.05, 4.69) is 0 Å². The Kier molecular flexibility index (Phi) is 5.75. The lowest BCUT2D eigenvalue weighted by molar-refractivity contribution is 0.112. The van der Waals surface area contributed by atoms with E-state index in [1.54, 1.807) is 7.11 Å². The van der Waals surface area contributed by atoms with Gasteiger partial charge in [-0.05, 0) is 36.4 Å². The van der Waals surface area contributed by atoms with Gasteiger partial charge in [-0.25, -0.2) is 0 Å². The summed E-state index contributed by atoms with van der Waals surface area (Å²) in [6.07, 6.45) is 4.79. The molecular formula is C17H19NO3S. The van der Waals surface area contributed by atoms with Crippen LogP contribution in [0.1, 0.15) is 20.1 Å². The van der Waals surface area contributed by atoms with Gasteiger partial charge in [0.05, 0.1) is 18.6 Å². The average Bonchev–Trinajstić information content (AvgIpc) is 3.01. The van der Waals surface area contributed by atoms with Crippen LogP contribution in [-0.2, 0) is 0 Å². The molecule has 116 valence electrons. The van der Waals surface area contributed by atoms with Gasteiger partial charge in [0.2, 0.25) is 0 Å². The van der Waals surface area contributed by atoms with Gasteiger partial charge in [0.25, 0.3) is 0 Å². The normalized spacial score (nSPS) is 10.9. The molecular weight excluding hydrogens is 298 g/mol. The first kappa shape index (κ1) is 16.3. The van der Waals surface area contributed by atoms with Crippen LogP contribution in [0.15, 0.2) is 30.3 Å². The van der Waals surface area contributed by atoms with E-state index in [-0.39, 0.29) is 6.61 Å². The van der Waals surface area contributed by atoms with E-state index in [1.165, 1.54) is 11.3 Å². The molecule has 1 aromatic heterocycles. The number of benzene rings is 1. The fourth-order valence-corrected chi connectivity index (χ4v) is 2.78. The van der Waals surface area contributed by atoms with E-state index >= 15 is 0 Å². The first-order valence-electron chi connectivity index (χ1n) is 6.91. The van der Waals surface area contributed by atoms with Gasteiger partial charge in [0.1, 0.15) is 5.75 Å². The second-order valence-electron chi connectivity index (χ2n) is 4.76. The van der Waals surface area contributed by atoms with Crippen molar-refractivity contribution in [3.63, 3.8) is 0 Å². The molecule has 0 aliphatic heterocycles. The Hall–Kier alpha value is -2.11. The summed E-state index contributed by atoms with van der Waals surface area (Å²) in [5.41, 5.74) is 1.95. The molecule has 4 nitrogen and oxygen atoms in total. The lowest BCUT2D eigenvalue weighted by Crippen LogP contribution is -2.21. The maximum Gasteiger partial charge on any atom is 0.160 e. The van der Waals surface area contributed by atoms with E-state index in [0.29, 0.717) is 11.4 Å². The number of rotatable bonds is 7. The van der Waals surface area contributed by atoms with Gasteiger partial charge < -0.3 is 14.7 Å². The van der Waals surface area contributed by atoms with Crippen molar-refractivity contribution in [1.29, 1.82) is 0 Å². The Morgan fingerprint density at radius 1 is 1.23 bits per heavy atom. The molecule has 1 N–H and O–H groups in total. The van der Waals surface area contributed by atoms with Crippen molar-refractivity contribution < 1.29 is 14.6 Å². The topological polar surface area (TPSA) is 49.8 Å². The average molecular weight is 317 g/mol. The van der Waals surface area contributed by atoms with Gasteiger partial charge in [-0.2, -0.15) is 0 Å². The number of anilines is 1. The third-order valence-electron chi connectivity index (χ3n) is 3.28. The summed E-state index contributed by atoms with van der Waals surface area (Å²) >= 11 is 1.45. The van der Waals surface area contributed by atoms with Gasteiger partial charge in [-0.3, -0.25) is 4.79 Å². The predicted molar refractivity (Wildman–Crippen MR) is 92.0 cm³/mol. The van der Waals surface area contributed by atoms with Crippen molar-refractivity contribution in [2.24, 2.45) is 0 Å². The van der Waals surface area contributed by atoms with Crippen LogP contribution >= 0.6 is 11.3 Å². The van der Waals surface area contributed by atoms with E-state index in [4.69, 9.17) is 9.84 Å². The largest absolute Gasteiger partial charge is 0.496 e. The number of likely N-dealkylation sites (N-methyl/N-ethyl adjacent to an activating group) is 1. The summed E-state index contributed by atoms with van der Waals surface area (Å²) in [6.45, 7) is 0.680. The molecule has 0 saturated carbocycles. The van der Waals surface area contributed by atoms with Crippen LogP contribution in [0.2, 0.25) is 0 Å². The number of aliphatic hydroxyl groups is 1. The summed E-state index contributed by atoms with van der Waals surface area (Å²) in [5, 5.41) is 9.00. The number of hydrogen-bond donors (Lipinski definition) is 1. The molecule has 0 radical (unpaired) electrons.